The van der Waals surface area contributed by atoms with Gasteiger partial charge in [-0.05, 0) is 85.6 Å². The van der Waals surface area contributed by atoms with Crippen LogP contribution in [0.3, 0.4) is 0 Å². The van der Waals surface area contributed by atoms with Crippen molar-refractivity contribution >= 4 is 11.5 Å². The molecule has 4 nitrogen and oxygen atoms in total. The van der Waals surface area contributed by atoms with Crippen LogP contribution in [0.2, 0.25) is 0 Å². The second kappa shape index (κ2) is 5.72. The highest BCUT2D eigenvalue weighted by Crippen LogP contribution is 2.28. The number of rotatable bonds is 2. The lowest BCUT2D eigenvalue weighted by atomic mass is 9.89. The fraction of sp³-hybridized carbons (Fsp3) is 0.400. The van der Waals surface area contributed by atoms with Crippen LogP contribution in [0.4, 0.5) is 0 Å². The van der Waals surface area contributed by atoms with Gasteiger partial charge in [0.1, 0.15) is 0 Å². The van der Waals surface area contributed by atoms with Gasteiger partial charge in [-0.2, -0.15) is 0 Å². The minimum absolute atomic E-state index is 0.489. The Bertz CT molecular complexity index is 621. The fourth-order valence-corrected chi connectivity index (χ4v) is 2.08. The number of aryl methyl sites for hydroxylation is 1. The SMILES string of the molecule is C/C(C(=O)N=[N+]=[N-])=C(/C)c1cc(C)c(C)c(C)c1C. The highest BCUT2D eigenvalue weighted by molar-refractivity contribution is 6.01. The molecule has 100 valence electrons. The van der Waals surface area contributed by atoms with Crippen LogP contribution >= 0.6 is 0 Å². The number of benzene rings is 1. The highest BCUT2D eigenvalue weighted by atomic mass is 16.1. The van der Waals surface area contributed by atoms with Crippen molar-refractivity contribution in [3.8, 4) is 0 Å². The van der Waals surface area contributed by atoms with E-state index in [-0.39, 0.29) is 0 Å². The molecule has 0 saturated heterocycles. The van der Waals surface area contributed by atoms with Crippen molar-refractivity contribution < 1.29 is 4.79 Å². The van der Waals surface area contributed by atoms with Crippen LogP contribution in [0.5, 0.6) is 0 Å². The third kappa shape index (κ3) is 2.85. The van der Waals surface area contributed by atoms with Crippen LogP contribution in [0.1, 0.15) is 41.7 Å². The second-order valence-corrected chi connectivity index (χ2v) is 4.86. The average molecular weight is 257 g/mol. The first-order valence-corrected chi connectivity index (χ1v) is 6.16. The molecular weight excluding hydrogens is 238 g/mol. The van der Waals surface area contributed by atoms with Crippen molar-refractivity contribution in [1.82, 2.24) is 0 Å². The summed E-state index contributed by atoms with van der Waals surface area (Å²) in [6.45, 7) is 11.9. The van der Waals surface area contributed by atoms with E-state index in [0.717, 1.165) is 16.7 Å². The fourth-order valence-electron chi connectivity index (χ4n) is 2.08. The zero-order chi connectivity index (χ0) is 14.7. The molecule has 0 heterocycles. The minimum Gasteiger partial charge on any atom is -0.287 e. The predicted octanol–water partition coefficient (Wildman–Crippen LogP) is 4.55. The van der Waals surface area contributed by atoms with Crippen LogP contribution in [-0.4, -0.2) is 5.91 Å². The van der Waals surface area contributed by atoms with Gasteiger partial charge in [-0.1, -0.05) is 6.07 Å². The zero-order valence-electron chi connectivity index (χ0n) is 12.3. The number of carbonyl (C=O) groups is 1. The summed E-state index contributed by atoms with van der Waals surface area (Å²) in [6, 6.07) is 2.08. The Morgan fingerprint density at radius 1 is 1.11 bits per heavy atom. The summed E-state index contributed by atoms with van der Waals surface area (Å²) >= 11 is 0. The molecule has 1 rings (SSSR count). The van der Waals surface area contributed by atoms with Crippen molar-refractivity contribution in [2.24, 2.45) is 5.11 Å². The topological polar surface area (TPSA) is 65.8 Å². The minimum atomic E-state index is -0.518. The molecule has 0 radical (unpaired) electrons. The van der Waals surface area contributed by atoms with Gasteiger partial charge >= 0.3 is 0 Å². The van der Waals surface area contributed by atoms with Gasteiger partial charge in [0.05, 0.1) is 0 Å². The van der Waals surface area contributed by atoms with E-state index in [1.165, 1.54) is 16.7 Å². The molecule has 0 N–H and O–H groups in total. The first-order chi connectivity index (χ1) is 8.81. The maximum atomic E-state index is 11.6. The van der Waals surface area contributed by atoms with Crippen LogP contribution in [0, 0.1) is 27.7 Å². The smallest absolute Gasteiger partial charge is 0.245 e. The standard InChI is InChI=1S/C15H19N3O/c1-8-7-14(11(4)10(3)9(8)2)12(5)13(6)15(19)17-18-16/h7H,1-6H3/b13-12+. The van der Waals surface area contributed by atoms with E-state index >= 15 is 0 Å². The van der Waals surface area contributed by atoms with Gasteiger partial charge in [-0.25, -0.2) is 0 Å². The van der Waals surface area contributed by atoms with Gasteiger partial charge in [0.15, 0.2) is 0 Å². The number of allylic oxidation sites excluding steroid dienone is 1. The zero-order valence-corrected chi connectivity index (χ0v) is 12.3. The maximum Gasteiger partial charge on any atom is 0.245 e. The van der Waals surface area contributed by atoms with E-state index in [4.69, 9.17) is 5.53 Å². The molecule has 1 aromatic carbocycles. The lowest BCUT2D eigenvalue weighted by molar-refractivity contribution is -0.114. The van der Waals surface area contributed by atoms with Crippen molar-refractivity contribution in [1.29, 1.82) is 0 Å². The maximum absolute atomic E-state index is 11.6. The summed E-state index contributed by atoms with van der Waals surface area (Å²) in [5, 5.41) is 3.15. The lowest BCUT2D eigenvalue weighted by Crippen LogP contribution is -2.01. The Kier molecular flexibility index (Phi) is 4.52. The second-order valence-electron chi connectivity index (χ2n) is 4.86. The molecule has 0 unspecified atom stereocenters. The highest BCUT2D eigenvalue weighted by Gasteiger charge is 2.12. The molecule has 0 atom stereocenters. The molecule has 0 spiro atoms. The summed E-state index contributed by atoms with van der Waals surface area (Å²) in [5.74, 6) is -0.518. The van der Waals surface area contributed by atoms with Crippen LogP contribution in [0.15, 0.2) is 16.8 Å². The molecule has 1 aromatic rings. The van der Waals surface area contributed by atoms with E-state index in [2.05, 4.69) is 36.9 Å². The monoisotopic (exact) mass is 257 g/mol. The number of azide groups is 1. The Morgan fingerprint density at radius 3 is 2.21 bits per heavy atom. The Labute approximate surface area is 113 Å². The number of amides is 1. The molecule has 1 amide bonds. The van der Waals surface area contributed by atoms with Crippen molar-refractivity contribution in [2.45, 2.75) is 41.5 Å². The molecular formula is C15H19N3O. The molecule has 0 bridgehead atoms. The van der Waals surface area contributed by atoms with Crippen molar-refractivity contribution in [3.63, 3.8) is 0 Å². The number of hydrogen-bond donors (Lipinski definition) is 0. The van der Waals surface area contributed by atoms with Crippen LogP contribution in [0.25, 0.3) is 16.0 Å². The van der Waals surface area contributed by atoms with E-state index in [9.17, 15) is 4.79 Å². The number of carbonyl (C=O) groups excluding carboxylic acids is 1. The van der Waals surface area contributed by atoms with E-state index in [1.54, 1.807) is 6.92 Å². The van der Waals surface area contributed by atoms with Crippen LogP contribution < -0.4 is 0 Å². The van der Waals surface area contributed by atoms with Gasteiger partial charge in [0, 0.05) is 10.5 Å². The lowest BCUT2D eigenvalue weighted by Gasteiger charge is -2.16. The quantitative estimate of drug-likeness (QED) is 0.331. The molecule has 0 aromatic heterocycles. The average Bonchev–Trinajstić information content (AvgIpc) is 2.39. The normalized spacial score (nSPS) is 11.7. The molecule has 0 aliphatic carbocycles. The molecule has 0 fully saturated rings. The molecule has 0 saturated carbocycles. The summed E-state index contributed by atoms with van der Waals surface area (Å²) in [5.41, 5.74) is 15.6. The van der Waals surface area contributed by atoms with E-state index in [1.807, 2.05) is 13.8 Å². The number of nitrogens with zero attached hydrogens (tertiary/aromatic N) is 3. The summed E-state index contributed by atoms with van der Waals surface area (Å²) in [4.78, 5) is 14.2. The predicted molar refractivity (Wildman–Crippen MR) is 77.8 cm³/mol. The Balaban J connectivity index is 3.51. The third-order valence-corrected chi connectivity index (χ3v) is 3.90. The Morgan fingerprint density at radius 2 is 1.68 bits per heavy atom. The van der Waals surface area contributed by atoms with Gasteiger partial charge in [0.25, 0.3) is 0 Å². The van der Waals surface area contributed by atoms with E-state index < -0.39 is 5.91 Å². The summed E-state index contributed by atoms with van der Waals surface area (Å²) in [7, 11) is 0. The summed E-state index contributed by atoms with van der Waals surface area (Å²) < 4.78 is 0. The number of hydrogen-bond acceptors (Lipinski definition) is 1. The van der Waals surface area contributed by atoms with Gasteiger partial charge in [-0.15, -0.1) is 0 Å². The molecule has 0 aliphatic rings. The molecule has 4 heteroatoms. The van der Waals surface area contributed by atoms with Crippen molar-refractivity contribution in [3.05, 3.63) is 49.9 Å². The summed E-state index contributed by atoms with van der Waals surface area (Å²) in [6.07, 6.45) is 0. The van der Waals surface area contributed by atoms with E-state index in [0.29, 0.717) is 5.57 Å². The van der Waals surface area contributed by atoms with Crippen LogP contribution in [-0.2, 0) is 4.79 Å². The largest absolute Gasteiger partial charge is 0.287 e. The van der Waals surface area contributed by atoms with Gasteiger partial charge in [0.2, 0.25) is 5.91 Å². The molecule has 0 aliphatic heterocycles. The Hall–Kier alpha value is -2.06. The van der Waals surface area contributed by atoms with Crippen molar-refractivity contribution in [2.75, 3.05) is 0 Å². The van der Waals surface area contributed by atoms with Gasteiger partial charge in [-0.3, -0.25) is 4.79 Å². The first-order valence-electron chi connectivity index (χ1n) is 6.16. The van der Waals surface area contributed by atoms with Gasteiger partial charge < -0.3 is 0 Å². The third-order valence-electron chi connectivity index (χ3n) is 3.90. The molecule has 19 heavy (non-hydrogen) atoms. The first kappa shape index (κ1) is 15.0.